The van der Waals surface area contributed by atoms with Gasteiger partial charge in [0.25, 0.3) is 0 Å². The van der Waals surface area contributed by atoms with Gasteiger partial charge in [0, 0.05) is 18.2 Å². The Morgan fingerprint density at radius 1 is 1.26 bits per heavy atom. The van der Waals surface area contributed by atoms with Crippen molar-refractivity contribution in [2.75, 3.05) is 18.4 Å². The van der Waals surface area contributed by atoms with E-state index in [0.717, 1.165) is 48.5 Å². The van der Waals surface area contributed by atoms with Crippen molar-refractivity contribution in [2.24, 2.45) is 0 Å². The Kier molecular flexibility index (Phi) is 3.63. The van der Waals surface area contributed by atoms with Crippen molar-refractivity contribution in [3.05, 3.63) is 42.7 Å². The quantitative estimate of drug-likeness (QED) is 0.775. The Balaban J connectivity index is 1.64. The second-order valence-electron chi connectivity index (χ2n) is 5.71. The summed E-state index contributed by atoms with van der Waals surface area (Å²) in [5.74, 6) is 0.427. The molecule has 1 atom stereocenters. The van der Waals surface area contributed by atoms with Crippen LogP contribution < -0.4 is 10.6 Å². The van der Waals surface area contributed by atoms with E-state index in [2.05, 4.69) is 25.7 Å². The first-order chi connectivity index (χ1) is 11.3. The Morgan fingerprint density at radius 2 is 2.22 bits per heavy atom. The highest BCUT2D eigenvalue weighted by molar-refractivity contribution is 5.77. The molecule has 0 saturated carbocycles. The molecular weight excluding hydrogens is 295 g/mol. The van der Waals surface area contributed by atoms with E-state index in [-0.39, 0.29) is 5.82 Å². The second kappa shape index (κ2) is 5.92. The molecule has 23 heavy (non-hydrogen) atoms. The summed E-state index contributed by atoms with van der Waals surface area (Å²) in [5, 5.41) is 11.0. The highest BCUT2D eigenvalue weighted by atomic mass is 19.1. The Morgan fingerprint density at radius 3 is 3.09 bits per heavy atom. The smallest absolute Gasteiger partial charge is 0.145 e. The summed E-state index contributed by atoms with van der Waals surface area (Å²) < 4.78 is 14.8. The van der Waals surface area contributed by atoms with Gasteiger partial charge in [-0.2, -0.15) is 5.10 Å². The summed E-state index contributed by atoms with van der Waals surface area (Å²) in [6.07, 6.45) is 8.74. The fourth-order valence-electron chi connectivity index (χ4n) is 2.91. The monoisotopic (exact) mass is 312 g/mol. The average molecular weight is 312 g/mol. The van der Waals surface area contributed by atoms with E-state index in [9.17, 15) is 4.39 Å². The number of piperidine rings is 1. The van der Waals surface area contributed by atoms with Gasteiger partial charge in [-0.1, -0.05) is 0 Å². The van der Waals surface area contributed by atoms with Gasteiger partial charge in [-0.3, -0.25) is 4.98 Å². The molecule has 1 saturated heterocycles. The highest BCUT2D eigenvalue weighted by Crippen LogP contribution is 2.23. The normalized spacial score (nSPS) is 18.2. The zero-order valence-corrected chi connectivity index (χ0v) is 12.5. The van der Waals surface area contributed by atoms with Crippen LogP contribution in [-0.2, 0) is 0 Å². The Bertz CT molecular complexity index is 824. The van der Waals surface area contributed by atoms with E-state index in [0.29, 0.717) is 6.04 Å². The van der Waals surface area contributed by atoms with Gasteiger partial charge in [-0.05, 0) is 31.5 Å². The van der Waals surface area contributed by atoms with Crippen LogP contribution in [0.3, 0.4) is 0 Å². The summed E-state index contributed by atoms with van der Waals surface area (Å²) in [5.41, 5.74) is 2.36. The summed E-state index contributed by atoms with van der Waals surface area (Å²) in [7, 11) is 0. The number of pyridine rings is 1. The first-order valence-corrected chi connectivity index (χ1v) is 7.72. The van der Waals surface area contributed by atoms with Crippen LogP contribution in [0.2, 0.25) is 0 Å². The van der Waals surface area contributed by atoms with Crippen LogP contribution in [0.1, 0.15) is 12.8 Å². The van der Waals surface area contributed by atoms with Gasteiger partial charge in [-0.15, -0.1) is 0 Å². The maximum absolute atomic E-state index is 13.3. The number of rotatable bonds is 3. The van der Waals surface area contributed by atoms with Crippen LogP contribution in [0.4, 0.5) is 10.2 Å². The van der Waals surface area contributed by atoms with Crippen LogP contribution in [0.25, 0.3) is 16.8 Å². The minimum atomic E-state index is -0.321. The molecule has 0 aromatic carbocycles. The molecule has 0 spiro atoms. The SMILES string of the molecule is Fc1ccc2c(-c3cncc(N[C@@H]4CCCNC4)n3)cnn2c1. The number of anilines is 1. The zero-order valence-electron chi connectivity index (χ0n) is 12.5. The van der Waals surface area contributed by atoms with Crippen molar-refractivity contribution in [2.45, 2.75) is 18.9 Å². The number of hydrogen-bond acceptors (Lipinski definition) is 5. The lowest BCUT2D eigenvalue weighted by Gasteiger charge is -2.24. The summed E-state index contributed by atoms with van der Waals surface area (Å²) in [4.78, 5) is 8.91. The van der Waals surface area contributed by atoms with Crippen molar-refractivity contribution >= 4 is 11.3 Å². The topological polar surface area (TPSA) is 67.1 Å². The van der Waals surface area contributed by atoms with E-state index in [1.165, 1.54) is 16.8 Å². The van der Waals surface area contributed by atoms with Crippen molar-refractivity contribution < 1.29 is 4.39 Å². The first kappa shape index (κ1) is 14.1. The molecule has 0 radical (unpaired) electrons. The fraction of sp³-hybridized carbons (Fsp3) is 0.312. The van der Waals surface area contributed by atoms with E-state index < -0.39 is 0 Å². The van der Waals surface area contributed by atoms with Gasteiger partial charge < -0.3 is 10.6 Å². The molecule has 6 nitrogen and oxygen atoms in total. The largest absolute Gasteiger partial charge is 0.365 e. The summed E-state index contributed by atoms with van der Waals surface area (Å²) >= 11 is 0. The van der Waals surface area contributed by atoms with Crippen LogP contribution >= 0.6 is 0 Å². The minimum absolute atomic E-state index is 0.321. The van der Waals surface area contributed by atoms with E-state index in [1.807, 2.05) is 0 Å². The van der Waals surface area contributed by atoms with E-state index >= 15 is 0 Å². The third kappa shape index (κ3) is 2.87. The molecule has 0 bridgehead atoms. The lowest BCUT2D eigenvalue weighted by molar-refractivity contribution is 0.479. The second-order valence-corrected chi connectivity index (χ2v) is 5.71. The molecule has 0 unspecified atom stereocenters. The Hall–Kier alpha value is -2.54. The summed E-state index contributed by atoms with van der Waals surface area (Å²) in [6.45, 7) is 2.00. The zero-order chi connectivity index (χ0) is 15.6. The predicted octanol–water partition coefficient (Wildman–Crippen LogP) is 2.09. The lowest BCUT2D eigenvalue weighted by Crippen LogP contribution is -2.38. The molecule has 1 fully saturated rings. The Labute approximate surface area is 132 Å². The predicted molar refractivity (Wildman–Crippen MR) is 85.7 cm³/mol. The molecule has 7 heteroatoms. The average Bonchev–Trinajstić information content (AvgIpc) is 2.99. The molecule has 118 valence electrons. The molecule has 0 aliphatic carbocycles. The fourth-order valence-corrected chi connectivity index (χ4v) is 2.91. The van der Waals surface area contributed by atoms with Crippen LogP contribution in [-0.4, -0.2) is 38.7 Å². The number of nitrogens with one attached hydrogen (secondary N) is 2. The van der Waals surface area contributed by atoms with E-state index in [4.69, 9.17) is 0 Å². The lowest BCUT2D eigenvalue weighted by atomic mass is 10.1. The summed E-state index contributed by atoms with van der Waals surface area (Å²) in [6, 6.07) is 3.49. The van der Waals surface area contributed by atoms with Crippen molar-refractivity contribution in [3.63, 3.8) is 0 Å². The van der Waals surface area contributed by atoms with Crippen LogP contribution in [0, 0.1) is 5.82 Å². The molecule has 3 aromatic rings. The number of nitrogens with zero attached hydrogens (tertiary/aromatic N) is 4. The van der Waals surface area contributed by atoms with Gasteiger partial charge in [0.05, 0.1) is 36.0 Å². The molecule has 3 aromatic heterocycles. The van der Waals surface area contributed by atoms with Crippen LogP contribution in [0.5, 0.6) is 0 Å². The molecule has 1 aliphatic rings. The van der Waals surface area contributed by atoms with Gasteiger partial charge in [0.2, 0.25) is 0 Å². The maximum atomic E-state index is 13.3. The molecule has 0 amide bonds. The third-order valence-corrected chi connectivity index (χ3v) is 4.04. The van der Waals surface area contributed by atoms with Gasteiger partial charge >= 0.3 is 0 Å². The highest BCUT2D eigenvalue weighted by Gasteiger charge is 2.14. The van der Waals surface area contributed by atoms with Crippen LogP contribution in [0.15, 0.2) is 36.9 Å². The molecule has 1 aliphatic heterocycles. The van der Waals surface area contributed by atoms with Gasteiger partial charge in [-0.25, -0.2) is 13.9 Å². The molecule has 2 N–H and O–H groups in total. The number of hydrogen-bond donors (Lipinski definition) is 2. The number of fused-ring (bicyclic) bond motifs is 1. The van der Waals surface area contributed by atoms with Crippen molar-refractivity contribution in [3.8, 4) is 11.3 Å². The standard InChI is InChI=1S/C16H17FN6/c17-11-3-4-15-13(7-20-23(15)10-11)14-8-19-9-16(22-14)21-12-2-1-5-18-6-12/h3-4,7-10,12,18H,1-2,5-6H2,(H,21,22)/t12-/m1/s1. The first-order valence-electron chi connectivity index (χ1n) is 7.72. The van der Waals surface area contributed by atoms with E-state index in [1.54, 1.807) is 24.7 Å². The van der Waals surface area contributed by atoms with Gasteiger partial charge in [0.1, 0.15) is 11.6 Å². The molecular formula is C16H17FN6. The third-order valence-electron chi connectivity index (χ3n) is 4.04. The van der Waals surface area contributed by atoms with Gasteiger partial charge in [0.15, 0.2) is 0 Å². The maximum Gasteiger partial charge on any atom is 0.145 e. The minimum Gasteiger partial charge on any atom is -0.365 e. The number of aromatic nitrogens is 4. The number of halogens is 1. The van der Waals surface area contributed by atoms with Crippen molar-refractivity contribution in [1.29, 1.82) is 0 Å². The van der Waals surface area contributed by atoms with Crippen molar-refractivity contribution in [1.82, 2.24) is 24.9 Å². The molecule has 4 rings (SSSR count). The molecule has 4 heterocycles.